The van der Waals surface area contributed by atoms with E-state index in [1.807, 2.05) is 0 Å². The number of phenolic OH excluding ortho intramolecular Hbond substituents is 2. The Morgan fingerprint density at radius 1 is 1.11 bits per heavy atom. The molecule has 0 radical (unpaired) electrons. The highest BCUT2D eigenvalue weighted by molar-refractivity contribution is 6.30. The predicted octanol–water partition coefficient (Wildman–Crippen LogP) is 4.23. The van der Waals surface area contributed by atoms with Crippen LogP contribution >= 0.6 is 11.6 Å². The van der Waals surface area contributed by atoms with Gasteiger partial charge in [0, 0.05) is 15.8 Å². The first-order valence-corrected chi connectivity index (χ1v) is 8.56. The van der Waals surface area contributed by atoms with Gasteiger partial charge in [0.25, 0.3) is 5.91 Å². The molecule has 0 bridgehead atoms. The zero-order valence-corrected chi connectivity index (χ0v) is 15.3. The van der Waals surface area contributed by atoms with Gasteiger partial charge in [-0.05, 0) is 31.2 Å². The van der Waals surface area contributed by atoms with Crippen molar-refractivity contribution in [1.29, 1.82) is 0 Å². The third-order valence-electron chi connectivity index (χ3n) is 4.06. The Hall–Kier alpha value is -3.32. The van der Waals surface area contributed by atoms with Crippen molar-refractivity contribution < 1.29 is 28.9 Å². The fourth-order valence-electron chi connectivity index (χ4n) is 2.60. The number of phenols is 2. The first kappa shape index (κ1) is 19.4. The monoisotopic (exact) mass is 403 g/mol. The predicted molar refractivity (Wildman–Crippen MR) is 102 cm³/mol. The summed E-state index contributed by atoms with van der Waals surface area (Å²) >= 11 is 5.66. The van der Waals surface area contributed by atoms with Crippen molar-refractivity contribution >= 4 is 39.9 Å². The van der Waals surface area contributed by atoms with Crippen LogP contribution in [0.4, 0.5) is 10.1 Å². The minimum atomic E-state index is -1.30. The van der Waals surface area contributed by atoms with Gasteiger partial charge in [-0.2, -0.15) is 0 Å². The number of amides is 1. The number of hydrogen-bond acceptors (Lipinski definition) is 5. The quantitative estimate of drug-likeness (QED) is 0.447. The Morgan fingerprint density at radius 2 is 1.79 bits per heavy atom. The molecule has 0 aliphatic carbocycles. The van der Waals surface area contributed by atoms with E-state index in [1.54, 1.807) is 18.2 Å². The Kier molecular flexibility index (Phi) is 5.37. The molecule has 0 aromatic heterocycles. The number of carbonyl (C=O) groups is 2. The zero-order chi connectivity index (χ0) is 20.4. The van der Waals surface area contributed by atoms with Crippen molar-refractivity contribution in [3.05, 3.63) is 64.9 Å². The highest BCUT2D eigenvalue weighted by atomic mass is 35.5. The van der Waals surface area contributed by atoms with E-state index >= 15 is 0 Å². The van der Waals surface area contributed by atoms with Crippen LogP contribution < -0.4 is 5.32 Å². The van der Waals surface area contributed by atoms with Gasteiger partial charge in [0.15, 0.2) is 6.10 Å². The summed E-state index contributed by atoms with van der Waals surface area (Å²) in [5.74, 6) is -3.14. The lowest BCUT2D eigenvalue weighted by Gasteiger charge is -2.15. The first-order valence-electron chi connectivity index (χ1n) is 8.18. The van der Waals surface area contributed by atoms with Crippen LogP contribution in [0.3, 0.4) is 0 Å². The molecular formula is C20H15ClFNO5. The molecule has 1 atom stereocenters. The molecule has 0 unspecified atom stereocenters. The van der Waals surface area contributed by atoms with Gasteiger partial charge >= 0.3 is 5.97 Å². The average molecular weight is 404 g/mol. The third kappa shape index (κ3) is 3.84. The van der Waals surface area contributed by atoms with E-state index in [4.69, 9.17) is 16.3 Å². The minimum absolute atomic E-state index is 0.122. The van der Waals surface area contributed by atoms with Crippen LogP contribution in [0, 0.1) is 5.82 Å². The molecule has 3 aromatic carbocycles. The number of aromatic hydroxyl groups is 2. The summed E-state index contributed by atoms with van der Waals surface area (Å²) in [6.07, 6.45) is -1.30. The summed E-state index contributed by atoms with van der Waals surface area (Å²) in [5.41, 5.74) is -0.419. The maximum absolute atomic E-state index is 13.8. The molecule has 0 heterocycles. The molecule has 0 spiro atoms. The van der Waals surface area contributed by atoms with Gasteiger partial charge in [0.1, 0.15) is 22.9 Å². The van der Waals surface area contributed by atoms with Gasteiger partial charge in [0.2, 0.25) is 0 Å². The fourth-order valence-corrected chi connectivity index (χ4v) is 2.76. The lowest BCUT2D eigenvalue weighted by atomic mass is 10.0. The summed E-state index contributed by atoms with van der Waals surface area (Å²) in [5, 5.41) is 23.5. The Bertz CT molecular complexity index is 1090. The largest absolute Gasteiger partial charge is 0.507 e. The number of benzene rings is 3. The number of fused-ring (bicyclic) bond motifs is 1. The molecule has 0 aliphatic heterocycles. The van der Waals surface area contributed by atoms with Crippen LogP contribution in [0.25, 0.3) is 10.8 Å². The summed E-state index contributed by atoms with van der Waals surface area (Å²) in [4.78, 5) is 24.6. The molecule has 0 aliphatic rings. The molecule has 28 heavy (non-hydrogen) atoms. The molecule has 3 aromatic rings. The number of nitrogens with one attached hydrogen (secondary N) is 1. The lowest BCUT2D eigenvalue weighted by Crippen LogP contribution is -2.30. The smallest absolute Gasteiger partial charge is 0.342 e. The van der Waals surface area contributed by atoms with Crippen molar-refractivity contribution in [2.45, 2.75) is 13.0 Å². The van der Waals surface area contributed by atoms with Crippen LogP contribution in [0.1, 0.15) is 17.3 Å². The topological polar surface area (TPSA) is 95.9 Å². The zero-order valence-electron chi connectivity index (χ0n) is 14.6. The first-order chi connectivity index (χ1) is 13.3. The van der Waals surface area contributed by atoms with Crippen molar-refractivity contribution in [3.63, 3.8) is 0 Å². The number of esters is 1. The molecule has 3 rings (SSSR count). The number of hydrogen-bond donors (Lipinski definition) is 3. The van der Waals surface area contributed by atoms with E-state index in [-0.39, 0.29) is 33.2 Å². The van der Waals surface area contributed by atoms with E-state index < -0.39 is 23.8 Å². The van der Waals surface area contributed by atoms with Crippen LogP contribution in [-0.2, 0) is 9.53 Å². The van der Waals surface area contributed by atoms with Crippen molar-refractivity contribution in [2.75, 3.05) is 5.32 Å². The molecular weight excluding hydrogens is 389 g/mol. The molecule has 8 heteroatoms. The van der Waals surface area contributed by atoms with Crippen molar-refractivity contribution in [1.82, 2.24) is 0 Å². The average Bonchev–Trinajstić information content (AvgIpc) is 2.66. The third-order valence-corrected chi connectivity index (χ3v) is 4.29. The standard InChI is InChI=1S/C20H15ClFNO5/c1-10(19(26)23-16-7-6-11(21)8-15(16)22)28-20(27)14-9-17(24)12-4-2-3-5-13(12)18(14)25/h2-10,24-25H,1H3,(H,23,26)/t10-/m0/s1. The normalized spacial score (nSPS) is 11.8. The van der Waals surface area contributed by atoms with E-state index in [2.05, 4.69) is 5.32 Å². The van der Waals surface area contributed by atoms with E-state index in [1.165, 1.54) is 25.1 Å². The van der Waals surface area contributed by atoms with Gasteiger partial charge in [-0.1, -0.05) is 35.9 Å². The second-order valence-corrected chi connectivity index (χ2v) is 6.43. The Morgan fingerprint density at radius 3 is 2.46 bits per heavy atom. The Balaban J connectivity index is 1.78. The van der Waals surface area contributed by atoms with E-state index in [0.717, 1.165) is 12.1 Å². The maximum atomic E-state index is 13.8. The van der Waals surface area contributed by atoms with Gasteiger partial charge in [0.05, 0.1) is 5.69 Å². The number of halogens is 2. The second kappa shape index (κ2) is 7.74. The van der Waals surface area contributed by atoms with Gasteiger partial charge in [-0.15, -0.1) is 0 Å². The number of carbonyl (C=O) groups excluding carboxylic acids is 2. The summed E-state index contributed by atoms with van der Waals surface area (Å²) in [6.45, 7) is 1.29. The Labute approximate surface area is 164 Å². The lowest BCUT2D eigenvalue weighted by molar-refractivity contribution is -0.123. The molecule has 0 saturated heterocycles. The summed E-state index contributed by atoms with van der Waals surface area (Å²) in [7, 11) is 0. The maximum Gasteiger partial charge on any atom is 0.342 e. The SMILES string of the molecule is C[C@H](OC(=O)c1cc(O)c2ccccc2c1O)C(=O)Nc1ccc(Cl)cc1F. The van der Waals surface area contributed by atoms with Crippen molar-refractivity contribution in [2.24, 2.45) is 0 Å². The van der Waals surface area contributed by atoms with Crippen molar-refractivity contribution in [3.8, 4) is 11.5 Å². The van der Waals surface area contributed by atoms with E-state index in [9.17, 15) is 24.2 Å². The van der Waals surface area contributed by atoms with Gasteiger partial charge < -0.3 is 20.3 Å². The molecule has 6 nitrogen and oxygen atoms in total. The van der Waals surface area contributed by atoms with Gasteiger partial charge in [-0.25, -0.2) is 9.18 Å². The molecule has 1 amide bonds. The summed E-state index contributed by atoms with van der Waals surface area (Å²) < 4.78 is 18.8. The van der Waals surface area contributed by atoms with Crippen LogP contribution in [0.15, 0.2) is 48.5 Å². The molecule has 3 N–H and O–H groups in total. The fraction of sp³-hybridized carbons (Fsp3) is 0.100. The molecule has 0 fully saturated rings. The summed E-state index contributed by atoms with van der Waals surface area (Å²) in [6, 6.07) is 11.2. The van der Waals surface area contributed by atoms with Gasteiger partial charge in [-0.3, -0.25) is 4.79 Å². The van der Waals surface area contributed by atoms with Crippen LogP contribution in [-0.4, -0.2) is 28.2 Å². The number of anilines is 1. The van der Waals surface area contributed by atoms with E-state index in [0.29, 0.717) is 5.39 Å². The van der Waals surface area contributed by atoms with Crippen LogP contribution in [0.2, 0.25) is 5.02 Å². The second-order valence-electron chi connectivity index (χ2n) is 6.00. The molecule has 144 valence electrons. The molecule has 0 saturated carbocycles. The highest BCUT2D eigenvalue weighted by Gasteiger charge is 2.24. The highest BCUT2D eigenvalue weighted by Crippen LogP contribution is 2.35. The van der Waals surface area contributed by atoms with Crippen LogP contribution in [0.5, 0.6) is 11.5 Å². The number of rotatable bonds is 4. The number of ether oxygens (including phenoxy) is 1. The minimum Gasteiger partial charge on any atom is -0.507 e.